The molecule has 6 nitrogen and oxygen atoms in total. The number of rotatable bonds is 4. The Morgan fingerprint density at radius 3 is 2.83 bits per heavy atom. The summed E-state index contributed by atoms with van der Waals surface area (Å²) in [6.45, 7) is 2.36. The summed E-state index contributed by atoms with van der Waals surface area (Å²) in [5, 5.41) is 21.2. The third kappa shape index (κ3) is 2.97. The van der Waals surface area contributed by atoms with E-state index in [9.17, 15) is 5.11 Å². The maximum Gasteiger partial charge on any atom is 0.171 e. The van der Waals surface area contributed by atoms with Crippen molar-refractivity contribution in [3.8, 4) is 11.5 Å². The number of hydrogen-bond acceptors (Lipinski definition) is 5. The number of aromatic nitrogens is 3. The number of aromatic hydroxyl groups is 1. The van der Waals surface area contributed by atoms with Crippen molar-refractivity contribution in [1.29, 1.82) is 0 Å². The molecule has 1 aromatic heterocycles. The molecule has 7 heteroatoms. The van der Waals surface area contributed by atoms with E-state index in [1.54, 1.807) is 12.3 Å². The Morgan fingerprint density at radius 2 is 2.17 bits per heavy atom. The van der Waals surface area contributed by atoms with Crippen LogP contribution in [0.3, 0.4) is 0 Å². The highest BCUT2D eigenvalue weighted by Gasteiger charge is 2.08. The maximum absolute atomic E-state index is 9.80. The minimum absolute atomic E-state index is 0.152. The molecule has 18 heavy (non-hydrogen) atoms. The first kappa shape index (κ1) is 12.8. The van der Waals surface area contributed by atoms with Crippen LogP contribution in [-0.2, 0) is 0 Å². The highest BCUT2D eigenvalue weighted by Crippen LogP contribution is 2.32. The van der Waals surface area contributed by atoms with Gasteiger partial charge in [0, 0.05) is 0 Å². The number of hydrogen-bond donors (Lipinski definition) is 1. The molecule has 2 rings (SSSR count). The number of phenolic OH excluding ortho intramolecular Hbond substituents is 1. The fourth-order valence-corrected chi connectivity index (χ4v) is 1.95. The van der Waals surface area contributed by atoms with Gasteiger partial charge in [0.05, 0.1) is 16.4 Å². The molecule has 1 aromatic carbocycles. The van der Waals surface area contributed by atoms with E-state index in [0.717, 1.165) is 5.56 Å². The predicted octanol–water partition coefficient (Wildman–Crippen LogP) is 1.87. The number of phenols is 1. The molecule has 0 saturated carbocycles. The van der Waals surface area contributed by atoms with Crippen LogP contribution in [0.15, 0.2) is 29.9 Å². The molecular formula is C11H11IN4O2. The van der Waals surface area contributed by atoms with E-state index < -0.39 is 0 Å². The van der Waals surface area contributed by atoms with Crippen molar-refractivity contribution < 1.29 is 9.84 Å². The van der Waals surface area contributed by atoms with E-state index in [1.807, 2.05) is 35.6 Å². The highest BCUT2D eigenvalue weighted by molar-refractivity contribution is 14.1. The van der Waals surface area contributed by atoms with Crippen LogP contribution in [0.4, 0.5) is 0 Å². The minimum atomic E-state index is 0.152. The van der Waals surface area contributed by atoms with Gasteiger partial charge in [-0.25, -0.2) is 4.68 Å². The van der Waals surface area contributed by atoms with Crippen molar-refractivity contribution >= 4 is 28.8 Å². The predicted molar refractivity (Wildman–Crippen MR) is 75.0 cm³/mol. The first-order valence-corrected chi connectivity index (χ1v) is 6.33. The van der Waals surface area contributed by atoms with Crippen molar-refractivity contribution in [2.24, 2.45) is 5.10 Å². The minimum Gasteiger partial charge on any atom is -0.504 e. The van der Waals surface area contributed by atoms with Gasteiger partial charge in [0.1, 0.15) is 12.7 Å². The summed E-state index contributed by atoms with van der Waals surface area (Å²) in [4.78, 5) is 0. The van der Waals surface area contributed by atoms with E-state index in [2.05, 4.69) is 15.3 Å². The van der Waals surface area contributed by atoms with Crippen LogP contribution in [0, 0.1) is 3.57 Å². The maximum atomic E-state index is 9.80. The summed E-state index contributed by atoms with van der Waals surface area (Å²) in [7, 11) is 0. The van der Waals surface area contributed by atoms with Crippen LogP contribution in [0.25, 0.3) is 0 Å². The Labute approximate surface area is 117 Å². The van der Waals surface area contributed by atoms with E-state index >= 15 is 0 Å². The zero-order valence-electron chi connectivity index (χ0n) is 9.62. The molecule has 0 radical (unpaired) electrons. The molecule has 0 saturated heterocycles. The number of halogens is 1. The summed E-state index contributed by atoms with van der Waals surface area (Å²) in [6, 6.07) is 3.54. The Morgan fingerprint density at radius 1 is 1.44 bits per heavy atom. The Balaban J connectivity index is 2.28. The largest absolute Gasteiger partial charge is 0.504 e. The number of nitrogens with zero attached hydrogens (tertiary/aromatic N) is 4. The smallest absolute Gasteiger partial charge is 0.171 e. The van der Waals surface area contributed by atoms with Crippen LogP contribution in [-0.4, -0.2) is 32.8 Å². The van der Waals surface area contributed by atoms with Crippen molar-refractivity contribution in [2.75, 3.05) is 6.61 Å². The first-order valence-electron chi connectivity index (χ1n) is 5.25. The molecule has 94 valence electrons. The second-order valence-corrected chi connectivity index (χ2v) is 4.53. The van der Waals surface area contributed by atoms with Gasteiger partial charge in [-0.15, -0.1) is 10.2 Å². The average Bonchev–Trinajstić information content (AvgIpc) is 2.86. The molecule has 0 atom stereocenters. The van der Waals surface area contributed by atoms with Crippen molar-refractivity contribution in [3.63, 3.8) is 0 Å². The van der Waals surface area contributed by atoms with Gasteiger partial charge in [0.2, 0.25) is 0 Å². The Hall–Kier alpha value is -1.64. The topological polar surface area (TPSA) is 72.5 Å². The highest BCUT2D eigenvalue weighted by atomic mass is 127. The van der Waals surface area contributed by atoms with Crippen molar-refractivity contribution in [1.82, 2.24) is 14.9 Å². The second-order valence-electron chi connectivity index (χ2n) is 3.37. The van der Waals surface area contributed by atoms with Crippen LogP contribution in [0.5, 0.6) is 11.5 Å². The standard InChI is InChI=1S/C11H11IN4O2/c1-2-18-10-4-8(3-9(12)11(10)17)5-15-16-6-13-14-7-16/h3-7,17H,2H2,1H3/b15-5-. The van der Waals surface area contributed by atoms with Gasteiger partial charge in [-0.1, -0.05) is 0 Å². The third-order valence-corrected chi connectivity index (χ3v) is 2.92. The van der Waals surface area contributed by atoms with Gasteiger partial charge in [-0.05, 0) is 47.2 Å². The van der Waals surface area contributed by atoms with E-state index in [0.29, 0.717) is 15.9 Å². The molecule has 0 aliphatic rings. The molecule has 0 spiro atoms. The zero-order chi connectivity index (χ0) is 13.0. The molecule has 0 aliphatic heterocycles. The molecule has 0 fully saturated rings. The summed E-state index contributed by atoms with van der Waals surface area (Å²) in [5.74, 6) is 0.605. The van der Waals surface area contributed by atoms with Crippen LogP contribution in [0.2, 0.25) is 0 Å². The molecule has 0 aliphatic carbocycles. The zero-order valence-corrected chi connectivity index (χ0v) is 11.8. The lowest BCUT2D eigenvalue weighted by Gasteiger charge is -2.08. The second kappa shape index (κ2) is 5.80. The lowest BCUT2D eigenvalue weighted by atomic mass is 10.2. The Bertz CT molecular complexity index is 554. The number of ether oxygens (including phenoxy) is 1. The van der Waals surface area contributed by atoms with Crippen LogP contribution >= 0.6 is 22.6 Å². The summed E-state index contributed by atoms with van der Waals surface area (Å²) < 4.78 is 7.55. The van der Waals surface area contributed by atoms with Gasteiger partial charge in [-0.2, -0.15) is 5.10 Å². The van der Waals surface area contributed by atoms with Crippen LogP contribution in [0.1, 0.15) is 12.5 Å². The molecular weight excluding hydrogens is 347 g/mol. The summed E-state index contributed by atoms with van der Waals surface area (Å²) >= 11 is 2.05. The Kier molecular flexibility index (Phi) is 4.13. The lowest BCUT2D eigenvalue weighted by molar-refractivity contribution is 0.317. The summed E-state index contributed by atoms with van der Waals surface area (Å²) in [6.07, 6.45) is 4.63. The first-order chi connectivity index (χ1) is 8.70. The SMILES string of the molecule is CCOc1cc(/C=N\n2cnnc2)cc(I)c1O. The lowest BCUT2D eigenvalue weighted by Crippen LogP contribution is -1.95. The number of benzene rings is 1. The van der Waals surface area contributed by atoms with Gasteiger partial charge < -0.3 is 9.84 Å². The van der Waals surface area contributed by atoms with Gasteiger partial charge >= 0.3 is 0 Å². The molecule has 1 N–H and O–H groups in total. The fraction of sp³-hybridized carbons (Fsp3) is 0.182. The summed E-state index contributed by atoms with van der Waals surface area (Å²) in [5.41, 5.74) is 0.828. The van der Waals surface area contributed by atoms with Crippen LogP contribution < -0.4 is 4.74 Å². The van der Waals surface area contributed by atoms with E-state index in [4.69, 9.17) is 4.74 Å². The van der Waals surface area contributed by atoms with Gasteiger partial charge in [0.15, 0.2) is 11.5 Å². The molecule has 0 amide bonds. The monoisotopic (exact) mass is 358 g/mol. The normalized spacial score (nSPS) is 11.0. The van der Waals surface area contributed by atoms with E-state index in [1.165, 1.54) is 17.3 Å². The molecule has 0 bridgehead atoms. The van der Waals surface area contributed by atoms with Crippen molar-refractivity contribution in [2.45, 2.75) is 6.92 Å². The van der Waals surface area contributed by atoms with Gasteiger partial charge in [-0.3, -0.25) is 0 Å². The molecule has 2 aromatic rings. The quantitative estimate of drug-likeness (QED) is 0.669. The fourth-order valence-electron chi connectivity index (χ4n) is 1.32. The third-order valence-electron chi connectivity index (χ3n) is 2.10. The average molecular weight is 358 g/mol. The molecule has 0 unspecified atom stereocenters. The van der Waals surface area contributed by atoms with Gasteiger partial charge in [0.25, 0.3) is 0 Å². The van der Waals surface area contributed by atoms with Crippen molar-refractivity contribution in [3.05, 3.63) is 33.9 Å². The van der Waals surface area contributed by atoms with E-state index in [-0.39, 0.29) is 5.75 Å². The molecule has 1 heterocycles.